The van der Waals surface area contributed by atoms with Crippen molar-refractivity contribution in [1.82, 2.24) is 24.8 Å². The molecule has 2 N–H and O–H groups in total. The second-order valence-electron chi connectivity index (χ2n) is 5.73. The Hall–Kier alpha value is -3.14. The van der Waals surface area contributed by atoms with Crippen LogP contribution in [0.15, 0.2) is 35.6 Å². The molecule has 26 heavy (non-hydrogen) atoms. The summed E-state index contributed by atoms with van der Waals surface area (Å²) >= 11 is 6.02. The highest BCUT2D eigenvalue weighted by atomic mass is 35.5. The molecule has 10 nitrogen and oxygen atoms in total. The summed E-state index contributed by atoms with van der Waals surface area (Å²) in [6.45, 7) is 1.02. The molecule has 1 amide bonds. The molecule has 11 heteroatoms. The van der Waals surface area contributed by atoms with Gasteiger partial charge >= 0.3 is 6.09 Å². The maximum atomic E-state index is 12.2. The number of anilines is 2. The van der Waals surface area contributed by atoms with Gasteiger partial charge in [-0.3, -0.25) is 10.1 Å². The minimum absolute atomic E-state index is 0.0718. The smallest absolute Gasteiger partial charge is 0.412 e. The van der Waals surface area contributed by atoms with Gasteiger partial charge in [-0.25, -0.2) is 19.4 Å². The summed E-state index contributed by atoms with van der Waals surface area (Å²) in [5.74, 6) is 0. The fourth-order valence-corrected chi connectivity index (χ4v) is 3.05. The SMILES string of the molecule is O=C(Nc1cnn2cccnc12)OC1CCN(c2cn[nH]c(=O)c2Cl)C1. The molecule has 1 atom stereocenters. The van der Waals surface area contributed by atoms with E-state index in [0.29, 0.717) is 36.5 Å². The largest absolute Gasteiger partial charge is 0.444 e. The van der Waals surface area contributed by atoms with Crippen LogP contribution >= 0.6 is 11.6 Å². The standard InChI is InChI=1S/C15H14ClN7O3/c16-12-11(7-18-21-14(12)24)22-5-2-9(8-22)26-15(25)20-10-6-19-23-4-1-3-17-13(10)23/h1,3-4,6-7,9H,2,5,8H2,(H,20,25)(H,21,24). The lowest BCUT2D eigenvalue weighted by Gasteiger charge is -2.18. The number of amides is 1. The predicted octanol–water partition coefficient (Wildman–Crippen LogP) is 1.29. The Labute approximate surface area is 151 Å². The lowest BCUT2D eigenvalue weighted by molar-refractivity contribution is 0.122. The highest BCUT2D eigenvalue weighted by molar-refractivity contribution is 6.33. The Morgan fingerprint density at radius 3 is 3.19 bits per heavy atom. The average Bonchev–Trinajstić information content (AvgIpc) is 3.25. The molecule has 0 spiro atoms. The molecule has 4 heterocycles. The normalized spacial score (nSPS) is 16.8. The molecule has 3 aromatic heterocycles. The van der Waals surface area contributed by atoms with E-state index >= 15 is 0 Å². The van der Waals surface area contributed by atoms with Gasteiger partial charge in [0.1, 0.15) is 16.8 Å². The molecule has 1 fully saturated rings. The monoisotopic (exact) mass is 375 g/mol. The Kier molecular flexibility index (Phi) is 4.17. The first-order valence-corrected chi connectivity index (χ1v) is 8.24. The number of fused-ring (bicyclic) bond motifs is 1. The van der Waals surface area contributed by atoms with Gasteiger partial charge in [0.2, 0.25) is 0 Å². The molecule has 1 unspecified atom stereocenters. The average molecular weight is 376 g/mol. The van der Waals surface area contributed by atoms with E-state index in [-0.39, 0.29) is 11.1 Å². The molecule has 0 bridgehead atoms. The fraction of sp³-hybridized carbons (Fsp3) is 0.267. The molecule has 0 aliphatic carbocycles. The number of halogens is 1. The van der Waals surface area contributed by atoms with Crippen molar-refractivity contribution in [2.75, 3.05) is 23.3 Å². The Balaban J connectivity index is 1.40. The van der Waals surface area contributed by atoms with E-state index in [4.69, 9.17) is 16.3 Å². The molecule has 1 saturated heterocycles. The van der Waals surface area contributed by atoms with Gasteiger partial charge in [-0.05, 0) is 6.07 Å². The van der Waals surface area contributed by atoms with Gasteiger partial charge in [0, 0.05) is 25.4 Å². The van der Waals surface area contributed by atoms with Crippen molar-refractivity contribution >= 4 is 34.7 Å². The number of carbonyl (C=O) groups is 1. The summed E-state index contributed by atoms with van der Waals surface area (Å²) < 4.78 is 7.00. The van der Waals surface area contributed by atoms with Crippen molar-refractivity contribution in [2.24, 2.45) is 0 Å². The zero-order valence-electron chi connectivity index (χ0n) is 13.4. The predicted molar refractivity (Wildman–Crippen MR) is 93.6 cm³/mol. The minimum atomic E-state index is -0.590. The van der Waals surface area contributed by atoms with Gasteiger partial charge < -0.3 is 9.64 Å². The molecule has 4 rings (SSSR count). The van der Waals surface area contributed by atoms with Gasteiger partial charge in [0.15, 0.2) is 5.65 Å². The summed E-state index contributed by atoms with van der Waals surface area (Å²) in [6, 6.07) is 1.74. The van der Waals surface area contributed by atoms with Crippen LogP contribution in [0.4, 0.5) is 16.2 Å². The fourth-order valence-electron chi connectivity index (χ4n) is 2.84. The molecule has 134 valence electrons. The second kappa shape index (κ2) is 6.64. The van der Waals surface area contributed by atoms with Crippen molar-refractivity contribution in [3.63, 3.8) is 0 Å². The number of carbonyl (C=O) groups excluding carboxylic acids is 1. The first-order chi connectivity index (χ1) is 12.6. The lowest BCUT2D eigenvalue weighted by atomic mass is 10.3. The van der Waals surface area contributed by atoms with E-state index in [1.54, 1.807) is 23.0 Å². The zero-order valence-corrected chi connectivity index (χ0v) is 14.2. The van der Waals surface area contributed by atoms with Gasteiger partial charge in [0.25, 0.3) is 5.56 Å². The number of hydrogen-bond donors (Lipinski definition) is 2. The van der Waals surface area contributed by atoms with Crippen LogP contribution in [0.25, 0.3) is 5.65 Å². The second-order valence-corrected chi connectivity index (χ2v) is 6.11. The molecule has 1 aliphatic heterocycles. The quantitative estimate of drug-likeness (QED) is 0.708. The van der Waals surface area contributed by atoms with E-state index in [9.17, 15) is 9.59 Å². The molecule has 0 saturated carbocycles. The highest BCUT2D eigenvalue weighted by Gasteiger charge is 2.28. The lowest BCUT2D eigenvalue weighted by Crippen LogP contribution is -2.28. The number of nitrogens with one attached hydrogen (secondary N) is 2. The molecule has 0 radical (unpaired) electrons. The first kappa shape index (κ1) is 16.3. The third kappa shape index (κ3) is 3.06. The summed E-state index contributed by atoms with van der Waals surface area (Å²) in [4.78, 5) is 29.7. The van der Waals surface area contributed by atoms with Crippen LogP contribution in [0.3, 0.4) is 0 Å². The number of ether oxygens (including phenoxy) is 1. The van der Waals surface area contributed by atoms with Crippen LogP contribution in [0.2, 0.25) is 5.02 Å². The number of H-pyrrole nitrogens is 1. The topological polar surface area (TPSA) is 118 Å². The van der Waals surface area contributed by atoms with Gasteiger partial charge in [-0.1, -0.05) is 11.6 Å². The Morgan fingerprint density at radius 1 is 1.42 bits per heavy atom. The van der Waals surface area contributed by atoms with E-state index in [0.717, 1.165) is 0 Å². The summed E-state index contributed by atoms with van der Waals surface area (Å²) in [5, 5.41) is 12.8. The Bertz CT molecular complexity index is 1020. The zero-order chi connectivity index (χ0) is 18.1. The van der Waals surface area contributed by atoms with Crippen molar-refractivity contribution < 1.29 is 9.53 Å². The highest BCUT2D eigenvalue weighted by Crippen LogP contribution is 2.26. The number of aromatic amines is 1. The number of hydrogen-bond acceptors (Lipinski definition) is 7. The van der Waals surface area contributed by atoms with Crippen LogP contribution in [-0.4, -0.2) is 50.1 Å². The van der Waals surface area contributed by atoms with E-state index in [1.165, 1.54) is 12.4 Å². The number of rotatable bonds is 3. The van der Waals surface area contributed by atoms with Crippen LogP contribution in [0.1, 0.15) is 6.42 Å². The van der Waals surface area contributed by atoms with Crippen molar-refractivity contribution in [2.45, 2.75) is 12.5 Å². The van der Waals surface area contributed by atoms with Gasteiger partial charge in [-0.15, -0.1) is 0 Å². The Morgan fingerprint density at radius 2 is 2.31 bits per heavy atom. The maximum absolute atomic E-state index is 12.2. The molecule has 0 aromatic carbocycles. The minimum Gasteiger partial charge on any atom is -0.444 e. The molecular formula is C15H14ClN7O3. The maximum Gasteiger partial charge on any atom is 0.412 e. The van der Waals surface area contributed by atoms with Gasteiger partial charge in [-0.2, -0.15) is 10.2 Å². The van der Waals surface area contributed by atoms with Crippen LogP contribution in [-0.2, 0) is 4.74 Å². The first-order valence-electron chi connectivity index (χ1n) is 7.86. The molecular weight excluding hydrogens is 362 g/mol. The number of nitrogens with zero attached hydrogens (tertiary/aromatic N) is 5. The summed E-state index contributed by atoms with van der Waals surface area (Å²) in [5.41, 5.74) is 1.06. The van der Waals surface area contributed by atoms with Crippen LogP contribution in [0.5, 0.6) is 0 Å². The summed E-state index contributed by atoms with van der Waals surface area (Å²) in [7, 11) is 0. The van der Waals surface area contributed by atoms with Crippen LogP contribution < -0.4 is 15.8 Å². The van der Waals surface area contributed by atoms with E-state index in [1.807, 2.05) is 4.90 Å². The van der Waals surface area contributed by atoms with Crippen molar-refractivity contribution in [1.29, 1.82) is 0 Å². The van der Waals surface area contributed by atoms with Gasteiger partial charge in [0.05, 0.1) is 24.6 Å². The number of aromatic nitrogens is 5. The van der Waals surface area contributed by atoms with Crippen LogP contribution in [0, 0.1) is 0 Å². The summed E-state index contributed by atoms with van der Waals surface area (Å²) in [6.07, 6.45) is 6.02. The van der Waals surface area contributed by atoms with E-state index < -0.39 is 11.7 Å². The van der Waals surface area contributed by atoms with Crippen molar-refractivity contribution in [3.8, 4) is 0 Å². The third-order valence-corrected chi connectivity index (χ3v) is 4.42. The third-order valence-electron chi connectivity index (χ3n) is 4.05. The molecule has 1 aliphatic rings. The van der Waals surface area contributed by atoms with Crippen molar-refractivity contribution in [3.05, 3.63) is 46.2 Å². The molecule has 3 aromatic rings. The van der Waals surface area contributed by atoms with E-state index in [2.05, 4.69) is 25.6 Å².